The van der Waals surface area contributed by atoms with E-state index in [2.05, 4.69) is 73.9 Å². The minimum Gasteiger partial charge on any atom is -0.475 e. The van der Waals surface area contributed by atoms with Crippen LogP contribution in [0.2, 0.25) is 0 Å². The first-order chi connectivity index (χ1) is 27.5. The Kier molecular flexibility index (Phi) is 11.7. The first-order valence-electron chi connectivity index (χ1n) is 21.1. The molecule has 1 aromatic heterocycles. The van der Waals surface area contributed by atoms with Crippen LogP contribution in [0.25, 0.3) is 0 Å². The van der Waals surface area contributed by atoms with Crippen LogP contribution < -0.4 is 10.6 Å². The maximum Gasteiger partial charge on any atom is 0.490 e. The van der Waals surface area contributed by atoms with Gasteiger partial charge in [0.1, 0.15) is 0 Å². The van der Waals surface area contributed by atoms with Crippen LogP contribution in [0.1, 0.15) is 157 Å². The van der Waals surface area contributed by atoms with Crippen LogP contribution in [-0.2, 0) is 4.79 Å². The van der Waals surface area contributed by atoms with Gasteiger partial charge in [-0.15, -0.1) is 0 Å². The molecule has 3 aromatic rings. The Morgan fingerprint density at radius 1 is 0.596 bits per heavy atom. The van der Waals surface area contributed by atoms with E-state index in [9.17, 15) is 22.8 Å². The van der Waals surface area contributed by atoms with E-state index in [1.54, 1.807) is 40.7 Å². The fraction of sp³-hybridized carbons (Fsp3) is 0.556. The number of aliphatic carboxylic acids is 1. The van der Waals surface area contributed by atoms with Gasteiger partial charge in [0.2, 0.25) is 0 Å². The van der Waals surface area contributed by atoms with Gasteiger partial charge in [0.25, 0.3) is 11.8 Å². The molecule has 2 aliphatic carbocycles. The van der Waals surface area contributed by atoms with Crippen molar-refractivity contribution in [2.24, 2.45) is 11.8 Å². The number of aromatic nitrogens is 1. The molecule has 2 saturated heterocycles. The van der Waals surface area contributed by atoms with E-state index in [0.29, 0.717) is 35.3 Å². The van der Waals surface area contributed by atoms with Crippen molar-refractivity contribution < 1.29 is 32.7 Å². The Labute approximate surface area is 332 Å². The van der Waals surface area contributed by atoms with E-state index in [-0.39, 0.29) is 23.9 Å². The van der Waals surface area contributed by atoms with Gasteiger partial charge in [0.05, 0.1) is 11.1 Å². The van der Waals surface area contributed by atoms with Gasteiger partial charge in [-0.2, -0.15) is 13.2 Å². The van der Waals surface area contributed by atoms with Gasteiger partial charge in [-0.05, 0) is 143 Å². The van der Waals surface area contributed by atoms with Gasteiger partial charge in [-0.3, -0.25) is 24.4 Å². The quantitative estimate of drug-likeness (QED) is 0.188. The molecule has 12 heteroatoms. The summed E-state index contributed by atoms with van der Waals surface area (Å²) in [5.74, 6) is -1.53. The molecule has 304 valence electrons. The van der Waals surface area contributed by atoms with Crippen LogP contribution in [0.5, 0.6) is 0 Å². The summed E-state index contributed by atoms with van der Waals surface area (Å²) in [5.41, 5.74) is 7.22. The summed E-state index contributed by atoms with van der Waals surface area (Å²) in [6.45, 7) is 2.37. The predicted molar refractivity (Wildman–Crippen MR) is 209 cm³/mol. The standard InChI is InChI=1S/C43H53N5O2.C2HF3O2/c49-42(45-32-13-9-28(10-14-32)21-23-47-38-17-18-39(47)35-6-2-1-5-34(35)38)30-25-31(27-44-26-30)43(50)46-33-15-11-29(12-16-33)22-24-48-40-19-20-41(48)37-8-4-3-7-36(37)40;3-2(4,5)1(6)7/h1-8,25-29,32-33,38-41H,9-24H2,(H,45,49)(H,46,50);(H,6,7)/t28?,29?,32?,33?,38-,39+,40-,41+;. The number of carbonyl (C=O) groups is 3. The first-order valence-corrected chi connectivity index (χ1v) is 21.1. The van der Waals surface area contributed by atoms with Gasteiger partial charge in [0, 0.05) is 48.6 Å². The Bertz CT molecular complexity index is 1740. The number of hydrogen-bond donors (Lipinski definition) is 3. The van der Waals surface area contributed by atoms with E-state index in [1.165, 1.54) is 51.6 Å². The topological polar surface area (TPSA) is 115 Å². The lowest BCUT2D eigenvalue weighted by Crippen LogP contribution is -2.39. The smallest absolute Gasteiger partial charge is 0.475 e. The number of carboxylic acid groups (broad SMARTS) is 1. The van der Waals surface area contributed by atoms with Gasteiger partial charge in [-0.1, -0.05) is 48.5 Å². The number of nitrogens with one attached hydrogen (secondary N) is 2. The molecule has 9 rings (SSSR count). The van der Waals surface area contributed by atoms with Crippen molar-refractivity contribution >= 4 is 17.8 Å². The SMILES string of the molecule is O=C(NC1CCC(CCN2[C@@H]3CC[C@H]2c2ccccc23)CC1)c1cncc(C(=O)NC2CCC(CCN3[C@@H]4CC[C@H]3c3ccccc34)CC2)c1.O=C(O)C(F)(F)F. The highest BCUT2D eigenvalue weighted by atomic mass is 19.4. The Hall–Kier alpha value is -4.29. The molecule has 5 heterocycles. The van der Waals surface area contributed by atoms with Gasteiger partial charge >= 0.3 is 12.1 Å². The predicted octanol–water partition coefficient (Wildman–Crippen LogP) is 8.86. The molecule has 2 amide bonds. The zero-order chi connectivity index (χ0) is 39.7. The van der Waals surface area contributed by atoms with E-state index in [1.807, 2.05) is 0 Å². The number of carboxylic acids is 1. The van der Waals surface area contributed by atoms with Crippen molar-refractivity contribution in [3.8, 4) is 0 Å². The van der Waals surface area contributed by atoms with Crippen LogP contribution in [0.3, 0.4) is 0 Å². The molecule has 2 aromatic carbocycles. The number of hydrogen-bond acceptors (Lipinski definition) is 6. The van der Waals surface area contributed by atoms with Crippen LogP contribution >= 0.6 is 0 Å². The number of rotatable bonds is 10. The van der Waals surface area contributed by atoms with E-state index in [0.717, 1.165) is 63.2 Å². The summed E-state index contributed by atoms with van der Waals surface area (Å²) in [7, 11) is 0. The first kappa shape index (κ1) is 39.5. The molecule has 0 unspecified atom stereocenters. The molecule has 6 aliphatic rings. The fourth-order valence-electron chi connectivity index (χ4n) is 11.0. The normalized spacial score (nSPS) is 28.9. The Morgan fingerprint density at radius 2 is 0.930 bits per heavy atom. The third kappa shape index (κ3) is 8.63. The van der Waals surface area contributed by atoms with Gasteiger partial charge in [0.15, 0.2) is 0 Å². The second-order valence-electron chi connectivity index (χ2n) is 17.2. The number of halogens is 3. The summed E-state index contributed by atoms with van der Waals surface area (Å²) in [6, 6.07) is 22.7. The third-order valence-electron chi connectivity index (χ3n) is 13.9. The number of benzene rings is 2. The van der Waals surface area contributed by atoms with Crippen molar-refractivity contribution in [1.82, 2.24) is 25.4 Å². The molecule has 2 saturated carbocycles. The van der Waals surface area contributed by atoms with Crippen molar-refractivity contribution in [2.45, 2.75) is 132 Å². The summed E-state index contributed by atoms with van der Waals surface area (Å²) in [6.07, 6.45) is 14.5. The monoisotopic (exact) mass is 785 g/mol. The van der Waals surface area contributed by atoms with E-state index in [4.69, 9.17) is 9.90 Å². The lowest BCUT2D eigenvalue weighted by molar-refractivity contribution is -0.192. The highest BCUT2D eigenvalue weighted by Gasteiger charge is 2.44. The molecule has 0 spiro atoms. The maximum atomic E-state index is 13.3. The summed E-state index contributed by atoms with van der Waals surface area (Å²) < 4.78 is 31.7. The van der Waals surface area contributed by atoms with E-state index >= 15 is 0 Å². The second-order valence-corrected chi connectivity index (χ2v) is 17.2. The molecule has 0 radical (unpaired) electrons. The molecule has 4 fully saturated rings. The minimum absolute atomic E-state index is 0.114. The van der Waals surface area contributed by atoms with Crippen LogP contribution in [0.4, 0.5) is 13.2 Å². The van der Waals surface area contributed by atoms with Crippen molar-refractivity contribution in [1.29, 1.82) is 0 Å². The Balaban J connectivity index is 0.000000598. The number of alkyl halides is 3. The largest absolute Gasteiger partial charge is 0.490 e. The molecule has 9 nitrogen and oxygen atoms in total. The molecule has 4 aliphatic heterocycles. The molecular weight excluding hydrogens is 732 g/mol. The van der Waals surface area contributed by atoms with E-state index < -0.39 is 12.1 Å². The molecule has 3 N–H and O–H groups in total. The second kappa shape index (κ2) is 16.9. The molecule has 4 atom stereocenters. The lowest BCUT2D eigenvalue weighted by Gasteiger charge is -2.31. The minimum atomic E-state index is -5.08. The number of pyridine rings is 1. The zero-order valence-electron chi connectivity index (χ0n) is 32.4. The third-order valence-corrected chi connectivity index (χ3v) is 13.9. The van der Waals surface area contributed by atoms with Crippen LogP contribution in [0, 0.1) is 11.8 Å². The molecule has 57 heavy (non-hydrogen) atoms. The molecular formula is C45H54F3N5O4. The lowest BCUT2D eigenvalue weighted by atomic mass is 9.84. The van der Waals surface area contributed by atoms with Crippen molar-refractivity contribution in [3.05, 3.63) is 100 Å². The van der Waals surface area contributed by atoms with Gasteiger partial charge < -0.3 is 15.7 Å². The fourth-order valence-corrected chi connectivity index (χ4v) is 11.0. The summed E-state index contributed by atoms with van der Waals surface area (Å²) in [5, 5.41) is 13.7. The number of amides is 2. The van der Waals surface area contributed by atoms with Crippen LogP contribution in [-0.4, -0.2) is 69.0 Å². The highest BCUT2D eigenvalue weighted by Crippen LogP contribution is 2.54. The number of carbonyl (C=O) groups excluding carboxylic acids is 2. The summed E-state index contributed by atoms with van der Waals surface area (Å²) >= 11 is 0. The highest BCUT2D eigenvalue weighted by molar-refractivity contribution is 5.99. The summed E-state index contributed by atoms with van der Waals surface area (Å²) in [4.78, 5) is 45.2. The average molecular weight is 786 g/mol. The van der Waals surface area contributed by atoms with Gasteiger partial charge in [-0.25, -0.2) is 4.79 Å². The van der Waals surface area contributed by atoms with Crippen molar-refractivity contribution in [3.63, 3.8) is 0 Å². The maximum absolute atomic E-state index is 13.3. The number of nitrogens with zero attached hydrogens (tertiary/aromatic N) is 3. The van der Waals surface area contributed by atoms with Crippen LogP contribution in [0.15, 0.2) is 67.0 Å². The molecule has 4 bridgehead atoms. The average Bonchev–Trinajstić information content (AvgIpc) is 3.98. The number of fused-ring (bicyclic) bond motifs is 10. The Morgan fingerprint density at radius 3 is 1.25 bits per heavy atom. The zero-order valence-corrected chi connectivity index (χ0v) is 32.4. The van der Waals surface area contributed by atoms with Crippen molar-refractivity contribution in [2.75, 3.05) is 13.1 Å².